The van der Waals surface area contributed by atoms with Crippen molar-refractivity contribution in [1.29, 1.82) is 0 Å². The molecule has 0 aromatic heterocycles. The Morgan fingerprint density at radius 2 is 1.62 bits per heavy atom. The third-order valence-electron chi connectivity index (χ3n) is 4.40. The SMILES string of the molecule is CCc1cccc(Oc2ccc(N(CC3CO3)CC3CO3)cc2)c1. The van der Waals surface area contributed by atoms with Gasteiger partial charge in [-0.25, -0.2) is 0 Å². The number of rotatable bonds is 8. The highest BCUT2D eigenvalue weighted by Gasteiger charge is 2.30. The lowest BCUT2D eigenvalue weighted by molar-refractivity contribution is 0.389. The first-order valence-corrected chi connectivity index (χ1v) is 8.65. The molecule has 24 heavy (non-hydrogen) atoms. The monoisotopic (exact) mass is 325 g/mol. The molecule has 0 bridgehead atoms. The van der Waals surface area contributed by atoms with Crippen LogP contribution in [0.1, 0.15) is 12.5 Å². The molecule has 2 aromatic rings. The number of nitrogens with zero attached hydrogens (tertiary/aromatic N) is 1. The van der Waals surface area contributed by atoms with E-state index in [1.165, 1.54) is 11.3 Å². The molecule has 2 atom stereocenters. The maximum Gasteiger partial charge on any atom is 0.127 e. The Hall–Kier alpha value is -2.04. The van der Waals surface area contributed by atoms with Gasteiger partial charge in [0.15, 0.2) is 0 Å². The zero-order chi connectivity index (χ0) is 16.4. The highest BCUT2D eigenvalue weighted by Crippen LogP contribution is 2.27. The zero-order valence-electron chi connectivity index (χ0n) is 14.0. The van der Waals surface area contributed by atoms with Crippen LogP contribution in [0.25, 0.3) is 0 Å². The van der Waals surface area contributed by atoms with Gasteiger partial charge in [-0.15, -0.1) is 0 Å². The number of aryl methyl sites for hydroxylation is 1. The second-order valence-corrected chi connectivity index (χ2v) is 6.41. The van der Waals surface area contributed by atoms with Crippen LogP contribution >= 0.6 is 0 Å². The van der Waals surface area contributed by atoms with E-state index in [-0.39, 0.29) is 0 Å². The summed E-state index contributed by atoms with van der Waals surface area (Å²) in [7, 11) is 0. The average molecular weight is 325 g/mol. The van der Waals surface area contributed by atoms with Gasteiger partial charge in [0.05, 0.1) is 25.4 Å². The maximum absolute atomic E-state index is 5.97. The number of hydrogen-bond donors (Lipinski definition) is 0. The van der Waals surface area contributed by atoms with Gasteiger partial charge in [0.2, 0.25) is 0 Å². The second-order valence-electron chi connectivity index (χ2n) is 6.41. The van der Waals surface area contributed by atoms with Crippen LogP contribution in [0.4, 0.5) is 5.69 Å². The summed E-state index contributed by atoms with van der Waals surface area (Å²) < 4.78 is 16.7. The third kappa shape index (κ3) is 4.08. The topological polar surface area (TPSA) is 37.5 Å². The summed E-state index contributed by atoms with van der Waals surface area (Å²) in [5.74, 6) is 1.74. The highest BCUT2D eigenvalue weighted by atomic mass is 16.6. The van der Waals surface area contributed by atoms with Crippen molar-refractivity contribution in [2.45, 2.75) is 25.6 Å². The molecule has 2 heterocycles. The van der Waals surface area contributed by atoms with Crippen molar-refractivity contribution >= 4 is 5.69 Å². The van der Waals surface area contributed by atoms with Crippen molar-refractivity contribution < 1.29 is 14.2 Å². The fourth-order valence-corrected chi connectivity index (χ4v) is 2.81. The largest absolute Gasteiger partial charge is 0.457 e. The van der Waals surface area contributed by atoms with Crippen molar-refractivity contribution in [3.05, 3.63) is 54.1 Å². The minimum atomic E-state index is 0.372. The van der Waals surface area contributed by atoms with E-state index in [0.717, 1.165) is 44.2 Å². The van der Waals surface area contributed by atoms with Gasteiger partial charge in [0.1, 0.15) is 11.5 Å². The van der Waals surface area contributed by atoms with Crippen LogP contribution in [-0.4, -0.2) is 38.5 Å². The molecule has 0 N–H and O–H groups in total. The number of benzene rings is 2. The first-order valence-electron chi connectivity index (χ1n) is 8.65. The van der Waals surface area contributed by atoms with E-state index in [1.54, 1.807) is 0 Å². The number of hydrogen-bond acceptors (Lipinski definition) is 4. The van der Waals surface area contributed by atoms with Crippen LogP contribution in [0.5, 0.6) is 11.5 Å². The van der Waals surface area contributed by atoms with Gasteiger partial charge in [-0.3, -0.25) is 0 Å². The lowest BCUT2D eigenvalue weighted by Gasteiger charge is -2.23. The van der Waals surface area contributed by atoms with E-state index in [2.05, 4.69) is 36.1 Å². The summed E-state index contributed by atoms with van der Waals surface area (Å²) in [5, 5.41) is 0. The van der Waals surface area contributed by atoms with Gasteiger partial charge >= 0.3 is 0 Å². The first kappa shape index (κ1) is 15.5. The molecule has 0 amide bonds. The predicted molar refractivity (Wildman–Crippen MR) is 94.0 cm³/mol. The van der Waals surface area contributed by atoms with Gasteiger partial charge in [-0.05, 0) is 48.4 Å². The van der Waals surface area contributed by atoms with E-state index in [4.69, 9.17) is 14.2 Å². The van der Waals surface area contributed by atoms with E-state index in [0.29, 0.717) is 12.2 Å². The normalized spacial score (nSPS) is 21.4. The Bertz CT molecular complexity index is 664. The molecule has 0 saturated carbocycles. The van der Waals surface area contributed by atoms with E-state index in [1.807, 2.05) is 24.3 Å². The molecular weight excluding hydrogens is 302 g/mol. The van der Waals surface area contributed by atoms with Gasteiger partial charge in [-0.2, -0.15) is 0 Å². The molecule has 2 unspecified atom stereocenters. The molecule has 2 aliphatic rings. The zero-order valence-corrected chi connectivity index (χ0v) is 14.0. The first-order chi connectivity index (χ1) is 11.8. The average Bonchev–Trinajstić information content (AvgIpc) is 3.51. The summed E-state index contributed by atoms with van der Waals surface area (Å²) in [4.78, 5) is 2.34. The predicted octanol–water partition coefficient (Wildman–Crippen LogP) is 3.65. The minimum absolute atomic E-state index is 0.372. The minimum Gasteiger partial charge on any atom is -0.457 e. The summed E-state index contributed by atoms with van der Waals surface area (Å²) in [6.07, 6.45) is 1.75. The molecule has 2 aliphatic heterocycles. The maximum atomic E-state index is 5.97. The molecule has 2 saturated heterocycles. The summed E-state index contributed by atoms with van der Waals surface area (Å²) in [6.45, 7) is 5.75. The van der Waals surface area contributed by atoms with Gasteiger partial charge in [-0.1, -0.05) is 19.1 Å². The lowest BCUT2D eigenvalue weighted by atomic mass is 10.2. The molecule has 0 spiro atoms. The Morgan fingerprint density at radius 1 is 0.958 bits per heavy atom. The number of anilines is 1. The van der Waals surface area contributed by atoms with Crippen molar-refractivity contribution in [3.8, 4) is 11.5 Å². The molecular formula is C20H23NO3. The van der Waals surface area contributed by atoms with Gasteiger partial charge in [0, 0.05) is 18.8 Å². The Kier molecular flexibility index (Phi) is 4.41. The second kappa shape index (κ2) is 6.83. The van der Waals surface area contributed by atoms with Crippen LogP contribution in [-0.2, 0) is 15.9 Å². The molecule has 4 rings (SSSR count). The van der Waals surface area contributed by atoms with Crippen LogP contribution in [0.2, 0.25) is 0 Å². The standard InChI is InChI=1S/C20H23NO3/c1-2-15-4-3-5-18(10-15)24-17-8-6-16(7-9-17)21(11-19-13-22-19)12-20-14-23-20/h3-10,19-20H,2,11-14H2,1H3. The van der Waals surface area contributed by atoms with Crippen LogP contribution in [0.15, 0.2) is 48.5 Å². The van der Waals surface area contributed by atoms with Gasteiger partial charge < -0.3 is 19.1 Å². The fraction of sp³-hybridized carbons (Fsp3) is 0.400. The van der Waals surface area contributed by atoms with Crippen molar-refractivity contribution in [2.24, 2.45) is 0 Å². The Balaban J connectivity index is 1.44. The number of ether oxygens (including phenoxy) is 3. The summed E-state index contributed by atoms with van der Waals surface area (Å²) in [5.41, 5.74) is 2.47. The molecule has 126 valence electrons. The Morgan fingerprint density at radius 3 is 2.21 bits per heavy atom. The van der Waals surface area contributed by atoms with Crippen molar-refractivity contribution in [1.82, 2.24) is 0 Å². The molecule has 0 aliphatic carbocycles. The number of epoxide rings is 2. The molecule has 0 radical (unpaired) electrons. The van der Waals surface area contributed by atoms with Crippen LogP contribution in [0.3, 0.4) is 0 Å². The quantitative estimate of drug-likeness (QED) is 0.694. The van der Waals surface area contributed by atoms with Crippen molar-refractivity contribution in [2.75, 3.05) is 31.2 Å². The summed E-state index contributed by atoms with van der Waals surface area (Å²) >= 11 is 0. The van der Waals surface area contributed by atoms with Gasteiger partial charge in [0.25, 0.3) is 0 Å². The molecule has 4 nitrogen and oxygen atoms in total. The van der Waals surface area contributed by atoms with Crippen molar-refractivity contribution in [3.63, 3.8) is 0 Å². The smallest absolute Gasteiger partial charge is 0.127 e. The molecule has 2 fully saturated rings. The summed E-state index contributed by atoms with van der Waals surface area (Å²) in [6, 6.07) is 16.5. The van der Waals surface area contributed by atoms with E-state index in [9.17, 15) is 0 Å². The van der Waals surface area contributed by atoms with Crippen LogP contribution < -0.4 is 9.64 Å². The fourth-order valence-electron chi connectivity index (χ4n) is 2.81. The molecule has 4 heteroatoms. The van der Waals surface area contributed by atoms with Crippen LogP contribution in [0, 0.1) is 0 Å². The highest BCUT2D eigenvalue weighted by molar-refractivity contribution is 5.50. The third-order valence-corrected chi connectivity index (χ3v) is 4.40. The lowest BCUT2D eigenvalue weighted by Crippen LogP contribution is -2.31. The molecule has 2 aromatic carbocycles. The Labute approximate surface area is 142 Å². The van der Waals surface area contributed by atoms with E-state index >= 15 is 0 Å². The van der Waals surface area contributed by atoms with E-state index < -0.39 is 0 Å².